The van der Waals surface area contributed by atoms with Gasteiger partial charge in [0.25, 0.3) is 0 Å². The molecule has 144 valence electrons. The van der Waals surface area contributed by atoms with E-state index in [0.717, 1.165) is 52.6 Å². The molecule has 1 aliphatic rings. The van der Waals surface area contributed by atoms with Crippen LogP contribution < -0.4 is 0 Å². The molecule has 2 aromatic carbocycles. The predicted molar refractivity (Wildman–Crippen MR) is 106 cm³/mol. The van der Waals surface area contributed by atoms with Crippen LogP contribution in [-0.2, 0) is 10.2 Å². The van der Waals surface area contributed by atoms with Gasteiger partial charge in [-0.25, -0.2) is 0 Å². The largest absolute Gasteiger partial charge is 0.507 e. The minimum absolute atomic E-state index is 0.259. The van der Waals surface area contributed by atoms with Crippen molar-refractivity contribution in [2.24, 2.45) is 5.92 Å². The number of hydrogen-bond donors (Lipinski definition) is 3. The molecule has 1 fully saturated rings. The molecule has 0 heterocycles. The summed E-state index contributed by atoms with van der Waals surface area (Å²) in [5.41, 5.74) is 4.23. The normalized spacial score (nSPS) is 19.0. The van der Waals surface area contributed by atoms with Crippen LogP contribution in [0, 0.1) is 33.6 Å². The lowest BCUT2D eigenvalue weighted by atomic mass is 9.58. The summed E-state index contributed by atoms with van der Waals surface area (Å²) in [5, 5.41) is 30.6. The van der Waals surface area contributed by atoms with Crippen molar-refractivity contribution < 1.29 is 20.1 Å². The molecular formula is C23H28O4. The van der Waals surface area contributed by atoms with Crippen molar-refractivity contribution in [1.82, 2.24) is 0 Å². The maximum Gasteiger partial charge on any atom is 0.307 e. The summed E-state index contributed by atoms with van der Waals surface area (Å²) in [6, 6.07) is 7.73. The Kier molecular flexibility index (Phi) is 4.94. The molecule has 4 nitrogen and oxygen atoms in total. The molecule has 2 aromatic rings. The van der Waals surface area contributed by atoms with E-state index in [2.05, 4.69) is 0 Å². The zero-order valence-corrected chi connectivity index (χ0v) is 16.5. The summed E-state index contributed by atoms with van der Waals surface area (Å²) in [6.45, 7) is 7.41. The van der Waals surface area contributed by atoms with E-state index in [4.69, 9.17) is 0 Å². The number of aliphatic carboxylic acids is 1. The monoisotopic (exact) mass is 368 g/mol. The number of aryl methyl sites for hydroxylation is 4. The van der Waals surface area contributed by atoms with Crippen LogP contribution in [0.3, 0.4) is 0 Å². The van der Waals surface area contributed by atoms with Crippen LogP contribution in [0.15, 0.2) is 24.3 Å². The topological polar surface area (TPSA) is 77.8 Å². The smallest absolute Gasteiger partial charge is 0.307 e. The van der Waals surface area contributed by atoms with Crippen molar-refractivity contribution in [3.63, 3.8) is 0 Å². The van der Waals surface area contributed by atoms with Crippen LogP contribution in [0.5, 0.6) is 11.5 Å². The van der Waals surface area contributed by atoms with Gasteiger partial charge in [-0.2, -0.15) is 0 Å². The van der Waals surface area contributed by atoms with Crippen molar-refractivity contribution in [3.05, 3.63) is 57.6 Å². The second-order valence-electron chi connectivity index (χ2n) is 8.03. The first kappa shape index (κ1) is 19.3. The molecule has 0 saturated heterocycles. The maximum absolute atomic E-state index is 12.3. The molecular weight excluding hydrogens is 340 g/mol. The number of phenolic OH excluding ortho intramolecular Hbond substituents is 2. The molecule has 0 aliphatic heterocycles. The van der Waals surface area contributed by atoms with Gasteiger partial charge >= 0.3 is 5.97 Å². The van der Waals surface area contributed by atoms with E-state index in [-0.39, 0.29) is 11.5 Å². The fraction of sp³-hybridized carbons (Fsp3) is 0.435. The van der Waals surface area contributed by atoms with Crippen LogP contribution in [-0.4, -0.2) is 21.3 Å². The van der Waals surface area contributed by atoms with Gasteiger partial charge in [-0.1, -0.05) is 37.1 Å². The van der Waals surface area contributed by atoms with Crippen LogP contribution >= 0.6 is 0 Å². The summed E-state index contributed by atoms with van der Waals surface area (Å²) in [4.78, 5) is 12.3. The number of rotatable bonds is 3. The lowest BCUT2D eigenvalue weighted by molar-refractivity contribution is -0.145. The summed E-state index contributed by atoms with van der Waals surface area (Å²) in [6.07, 6.45) is 3.19. The SMILES string of the molecule is Cc1cc(C2(c3cc(C)c(O)c(C)c3)CCCCC2C(=O)O)cc(C)c1O. The third-order valence-corrected chi connectivity index (χ3v) is 6.22. The molecule has 4 heteroatoms. The van der Waals surface area contributed by atoms with E-state index in [1.54, 1.807) is 0 Å². The standard InChI is InChI=1S/C23H28O4/c1-13-9-17(10-14(2)20(13)24)23(8-6-5-7-19(23)22(26)27)18-11-15(3)21(25)16(4)12-18/h9-12,19,24-25H,5-8H2,1-4H3,(H,26,27). The summed E-state index contributed by atoms with van der Waals surface area (Å²) in [7, 11) is 0. The van der Waals surface area contributed by atoms with Crippen molar-refractivity contribution >= 4 is 5.97 Å². The number of benzene rings is 2. The second kappa shape index (κ2) is 6.91. The third-order valence-electron chi connectivity index (χ3n) is 6.22. The Labute approximate surface area is 160 Å². The molecule has 0 aromatic heterocycles. The predicted octanol–water partition coefficient (Wildman–Crippen LogP) is 4.89. The lowest BCUT2D eigenvalue weighted by Crippen LogP contribution is -2.43. The Balaban J connectivity index is 2.35. The maximum atomic E-state index is 12.3. The Morgan fingerprint density at radius 1 is 0.852 bits per heavy atom. The summed E-state index contributed by atoms with van der Waals surface area (Å²) < 4.78 is 0. The third kappa shape index (κ3) is 3.07. The van der Waals surface area contributed by atoms with Crippen LogP contribution in [0.2, 0.25) is 0 Å². The fourth-order valence-electron chi connectivity index (χ4n) is 4.79. The Bertz CT molecular complexity index is 794. The minimum Gasteiger partial charge on any atom is -0.507 e. The Hall–Kier alpha value is -2.49. The van der Waals surface area contributed by atoms with E-state index in [9.17, 15) is 20.1 Å². The number of carboxylic acids is 1. The number of aromatic hydroxyl groups is 2. The molecule has 27 heavy (non-hydrogen) atoms. The minimum atomic E-state index is -0.790. The van der Waals surface area contributed by atoms with Gasteiger partial charge in [0.2, 0.25) is 0 Å². The van der Waals surface area contributed by atoms with E-state index < -0.39 is 17.3 Å². The number of carbonyl (C=O) groups is 1. The van der Waals surface area contributed by atoms with Gasteiger partial charge in [0.15, 0.2) is 0 Å². The fourth-order valence-corrected chi connectivity index (χ4v) is 4.79. The van der Waals surface area contributed by atoms with Gasteiger partial charge in [-0.3, -0.25) is 4.79 Å². The quantitative estimate of drug-likeness (QED) is 0.721. The highest BCUT2D eigenvalue weighted by atomic mass is 16.4. The molecule has 1 saturated carbocycles. The molecule has 0 radical (unpaired) electrons. The molecule has 1 unspecified atom stereocenters. The molecule has 0 spiro atoms. The molecule has 3 N–H and O–H groups in total. The Morgan fingerprint density at radius 2 is 1.26 bits per heavy atom. The second-order valence-corrected chi connectivity index (χ2v) is 8.03. The highest BCUT2D eigenvalue weighted by molar-refractivity contribution is 5.75. The molecule has 3 rings (SSSR count). The number of carboxylic acid groups (broad SMARTS) is 1. The van der Waals surface area contributed by atoms with Gasteiger partial charge in [-0.15, -0.1) is 0 Å². The van der Waals surface area contributed by atoms with Crippen LogP contribution in [0.4, 0.5) is 0 Å². The first-order valence-corrected chi connectivity index (χ1v) is 9.52. The van der Waals surface area contributed by atoms with E-state index in [1.807, 2.05) is 52.0 Å². The summed E-state index contributed by atoms with van der Waals surface area (Å²) >= 11 is 0. The molecule has 0 amide bonds. The average molecular weight is 368 g/mol. The zero-order valence-electron chi connectivity index (χ0n) is 16.5. The zero-order chi connectivity index (χ0) is 19.9. The average Bonchev–Trinajstić information content (AvgIpc) is 2.63. The van der Waals surface area contributed by atoms with E-state index >= 15 is 0 Å². The van der Waals surface area contributed by atoms with Gasteiger partial charge < -0.3 is 15.3 Å². The van der Waals surface area contributed by atoms with Crippen molar-refractivity contribution in [2.75, 3.05) is 0 Å². The van der Waals surface area contributed by atoms with Crippen LogP contribution in [0.1, 0.15) is 59.1 Å². The molecule has 1 atom stereocenters. The molecule has 0 bridgehead atoms. The molecule has 1 aliphatic carbocycles. The van der Waals surface area contributed by atoms with Crippen molar-refractivity contribution in [2.45, 2.75) is 58.8 Å². The van der Waals surface area contributed by atoms with Gasteiger partial charge in [0.05, 0.1) is 5.92 Å². The lowest BCUT2D eigenvalue weighted by Gasteiger charge is -2.44. The number of phenols is 2. The van der Waals surface area contributed by atoms with Crippen molar-refractivity contribution in [1.29, 1.82) is 0 Å². The first-order valence-electron chi connectivity index (χ1n) is 9.52. The van der Waals surface area contributed by atoms with Gasteiger partial charge in [0.1, 0.15) is 11.5 Å². The van der Waals surface area contributed by atoms with Gasteiger partial charge in [-0.05, 0) is 73.9 Å². The first-order chi connectivity index (χ1) is 12.7. The highest BCUT2D eigenvalue weighted by Gasteiger charge is 2.48. The number of hydrogen-bond acceptors (Lipinski definition) is 3. The highest BCUT2D eigenvalue weighted by Crippen LogP contribution is 2.51. The summed E-state index contributed by atoms with van der Waals surface area (Å²) in [5.74, 6) is -0.816. The van der Waals surface area contributed by atoms with Crippen molar-refractivity contribution in [3.8, 4) is 11.5 Å². The van der Waals surface area contributed by atoms with E-state index in [0.29, 0.717) is 6.42 Å². The van der Waals surface area contributed by atoms with Gasteiger partial charge in [0, 0.05) is 5.41 Å². The Morgan fingerprint density at radius 3 is 1.63 bits per heavy atom. The van der Waals surface area contributed by atoms with Crippen LogP contribution in [0.25, 0.3) is 0 Å². The van der Waals surface area contributed by atoms with E-state index in [1.165, 1.54) is 0 Å².